The normalized spacial score (nSPS) is 11.3. The van der Waals surface area contributed by atoms with E-state index >= 15 is 0 Å². The van der Waals surface area contributed by atoms with Crippen LogP contribution in [0.3, 0.4) is 0 Å². The highest BCUT2D eigenvalue weighted by molar-refractivity contribution is 8.93. The molecule has 13 nitrogen and oxygen atoms in total. The molecule has 0 fully saturated rings. The summed E-state index contributed by atoms with van der Waals surface area (Å²) in [6.45, 7) is 5.54. The maximum absolute atomic E-state index is 12.9. The lowest BCUT2D eigenvalue weighted by molar-refractivity contribution is -0.124. The van der Waals surface area contributed by atoms with Gasteiger partial charge in [0.2, 0.25) is 5.91 Å². The molecule has 0 aliphatic heterocycles. The molecule has 3 rings (SSSR count). The molecule has 42 heavy (non-hydrogen) atoms. The second kappa shape index (κ2) is 18.5. The molecule has 0 spiro atoms. The number of amides is 2. The summed E-state index contributed by atoms with van der Waals surface area (Å²) in [4.78, 5) is 57.5. The molecule has 0 aliphatic rings. The Morgan fingerprint density at radius 1 is 1.00 bits per heavy atom. The van der Waals surface area contributed by atoms with Crippen LogP contribution in [0.5, 0.6) is 5.75 Å². The number of hydrogen-bond acceptors (Lipinski definition) is 8. The van der Waals surface area contributed by atoms with Crippen LogP contribution in [0.4, 0.5) is 0 Å². The fraction of sp³-hybridized carbons (Fsp3) is 0.519. The van der Waals surface area contributed by atoms with Crippen molar-refractivity contribution in [1.82, 2.24) is 29.7 Å². The SMILES string of the molecule is Br.Br.CCCn1c(=O)c2[nH]c(-c3ccc(OCC(=O)NCCNC(=O)C(N)CCCCN)cc3)nc2n(CCC)c1=O. The number of rotatable bonds is 16. The number of nitrogens with one attached hydrogen (secondary N) is 3. The number of ether oxygens (including phenoxy) is 1. The minimum Gasteiger partial charge on any atom is -0.484 e. The monoisotopic (exact) mass is 716 g/mol. The van der Waals surface area contributed by atoms with Gasteiger partial charge in [0.05, 0.1) is 6.04 Å². The van der Waals surface area contributed by atoms with E-state index in [1.807, 2.05) is 13.8 Å². The predicted molar refractivity (Wildman–Crippen MR) is 174 cm³/mol. The van der Waals surface area contributed by atoms with Gasteiger partial charge in [0.1, 0.15) is 17.1 Å². The van der Waals surface area contributed by atoms with Crippen molar-refractivity contribution in [2.24, 2.45) is 11.5 Å². The zero-order valence-corrected chi connectivity index (χ0v) is 27.4. The number of nitrogens with zero attached hydrogens (tertiary/aromatic N) is 3. The second-order valence-electron chi connectivity index (χ2n) is 9.52. The molecular formula is C27H42Br2N8O5. The van der Waals surface area contributed by atoms with Gasteiger partial charge in [-0.2, -0.15) is 0 Å². The number of carbonyl (C=O) groups is 2. The zero-order chi connectivity index (χ0) is 29.1. The molecule has 234 valence electrons. The Morgan fingerprint density at radius 2 is 1.64 bits per heavy atom. The van der Waals surface area contributed by atoms with Gasteiger partial charge in [-0.1, -0.05) is 20.3 Å². The van der Waals surface area contributed by atoms with Gasteiger partial charge in [-0.15, -0.1) is 34.0 Å². The molecule has 1 aromatic carbocycles. The molecule has 2 amide bonds. The van der Waals surface area contributed by atoms with E-state index in [0.29, 0.717) is 60.8 Å². The number of fused-ring (bicyclic) bond motifs is 1. The van der Waals surface area contributed by atoms with E-state index in [1.165, 1.54) is 9.13 Å². The highest BCUT2D eigenvalue weighted by Crippen LogP contribution is 2.21. The van der Waals surface area contributed by atoms with Crippen molar-refractivity contribution in [3.8, 4) is 17.1 Å². The average molecular weight is 718 g/mol. The van der Waals surface area contributed by atoms with Gasteiger partial charge in [0.25, 0.3) is 11.5 Å². The number of imidazole rings is 1. The molecule has 0 bridgehead atoms. The quantitative estimate of drug-likeness (QED) is 0.138. The Hall–Kier alpha value is -3.01. The largest absolute Gasteiger partial charge is 0.484 e. The number of H-pyrrole nitrogens is 1. The zero-order valence-electron chi connectivity index (χ0n) is 24.0. The first-order chi connectivity index (χ1) is 19.3. The summed E-state index contributed by atoms with van der Waals surface area (Å²) in [5.74, 6) is 0.337. The van der Waals surface area contributed by atoms with E-state index in [2.05, 4.69) is 20.6 Å². The van der Waals surface area contributed by atoms with Crippen LogP contribution in [0.2, 0.25) is 0 Å². The molecule has 7 N–H and O–H groups in total. The summed E-state index contributed by atoms with van der Waals surface area (Å²) < 4.78 is 8.34. The Morgan fingerprint density at radius 3 is 2.29 bits per heavy atom. The summed E-state index contributed by atoms with van der Waals surface area (Å²) in [5.41, 5.74) is 11.9. The molecule has 15 heteroatoms. The molecular weight excluding hydrogens is 676 g/mol. The number of carbonyl (C=O) groups excluding carboxylic acids is 2. The van der Waals surface area contributed by atoms with Crippen LogP contribution in [0.25, 0.3) is 22.6 Å². The van der Waals surface area contributed by atoms with Crippen LogP contribution in [0, 0.1) is 0 Å². The number of benzene rings is 1. The smallest absolute Gasteiger partial charge is 0.332 e. The number of hydrogen-bond donors (Lipinski definition) is 5. The van der Waals surface area contributed by atoms with Gasteiger partial charge < -0.3 is 31.8 Å². The van der Waals surface area contributed by atoms with E-state index in [4.69, 9.17) is 16.2 Å². The highest BCUT2D eigenvalue weighted by Gasteiger charge is 2.17. The van der Waals surface area contributed by atoms with Crippen molar-refractivity contribution in [2.75, 3.05) is 26.2 Å². The molecule has 2 heterocycles. The third-order valence-electron chi connectivity index (χ3n) is 6.31. The van der Waals surface area contributed by atoms with E-state index in [0.717, 1.165) is 19.3 Å². The standard InChI is InChI=1S/C27H40N8O5.2BrH/c1-3-15-34-24-22(26(38)35(16-4-2)27(34)39)32-23(33-24)18-8-10-19(11-9-18)40-17-21(36)30-13-14-31-25(37)20(29)7-5-6-12-28;;/h8-11,20H,3-7,12-17,28-29H2,1-2H3,(H,30,36)(H,31,37)(H,32,33);2*1H. The van der Waals surface area contributed by atoms with E-state index in [1.54, 1.807) is 24.3 Å². The van der Waals surface area contributed by atoms with Crippen LogP contribution >= 0.6 is 34.0 Å². The maximum atomic E-state index is 12.9. The first-order valence-corrected chi connectivity index (χ1v) is 13.8. The predicted octanol–water partition coefficient (Wildman–Crippen LogP) is 1.60. The van der Waals surface area contributed by atoms with Gasteiger partial charge in [-0.3, -0.25) is 23.5 Å². The van der Waals surface area contributed by atoms with Gasteiger partial charge >= 0.3 is 5.69 Å². The lowest BCUT2D eigenvalue weighted by Gasteiger charge is -2.12. The minimum absolute atomic E-state index is 0. The van der Waals surface area contributed by atoms with E-state index in [9.17, 15) is 19.2 Å². The van der Waals surface area contributed by atoms with Crippen molar-refractivity contribution in [3.63, 3.8) is 0 Å². The van der Waals surface area contributed by atoms with E-state index < -0.39 is 6.04 Å². The van der Waals surface area contributed by atoms with Crippen LogP contribution < -0.4 is 38.1 Å². The van der Waals surface area contributed by atoms with Crippen molar-refractivity contribution in [1.29, 1.82) is 0 Å². The highest BCUT2D eigenvalue weighted by atomic mass is 79.9. The first kappa shape index (κ1) is 37.0. The van der Waals surface area contributed by atoms with Crippen molar-refractivity contribution in [2.45, 2.75) is 65.1 Å². The Bertz CT molecular complexity index is 1400. The van der Waals surface area contributed by atoms with Crippen LogP contribution in [-0.2, 0) is 22.7 Å². The van der Waals surface area contributed by atoms with Crippen LogP contribution in [0.1, 0.15) is 46.0 Å². The van der Waals surface area contributed by atoms with E-state index in [-0.39, 0.29) is 76.7 Å². The summed E-state index contributed by atoms with van der Waals surface area (Å²) in [6.07, 6.45) is 3.56. The molecule has 1 atom stereocenters. The maximum Gasteiger partial charge on any atom is 0.332 e. The molecule has 3 aromatic rings. The Labute approximate surface area is 265 Å². The lowest BCUT2D eigenvalue weighted by Crippen LogP contribution is -2.44. The van der Waals surface area contributed by atoms with Crippen LogP contribution in [-0.4, -0.2) is 63.2 Å². The minimum atomic E-state index is -0.589. The van der Waals surface area contributed by atoms with Crippen molar-refractivity contribution in [3.05, 3.63) is 45.1 Å². The molecule has 0 radical (unpaired) electrons. The molecule has 0 saturated heterocycles. The summed E-state index contributed by atoms with van der Waals surface area (Å²) >= 11 is 0. The molecule has 1 unspecified atom stereocenters. The number of aryl methyl sites for hydroxylation is 1. The third-order valence-corrected chi connectivity index (χ3v) is 6.31. The average Bonchev–Trinajstić information content (AvgIpc) is 3.40. The summed E-state index contributed by atoms with van der Waals surface area (Å²) in [7, 11) is 0. The number of nitrogens with two attached hydrogens (primary N) is 2. The lowest BCUT2D eigenvalue weighted by atomic mass is 10.1. The third kappa shape index (κ3) is 9.78. The first-order valence-electron chi connectivity index (χ1n) is 13.8. The number of unbranched alkanes of at least 4 members (excludes halogenated alkanes) is 1. The number of aromatic nitrogens is 4. The van der Waals surface area contributed by atoms with Gasteiger partial charge in [0, 0.05) is 31.7 Å². The van der Waals surface area contributed by atoms with Crippen LogP contribution in [0.15, 0.2) is 33.9 Å². The molecule has 0 aliphatic carbocycles. The summed E-state index contributed by atoms with van der Waals surface area (Å²) in [6, 6.07) is 6.30. The summed E-state index contributed by atoms with van der Waals surface area (Å²) in [5, 5.41) is 5.38. The topological polar surface area (TPSA) is 192 Å². The van der Waals surface area contributed by atoms with Gasteiger partial charge in [-0.25, -0.2) is 9.78 Å². The number of halogens is 2. The fourth-order valence-electron chi connectivity index (χ4n) is 4.22. The molecule has 0 saturated carbocycles. The van der Waals surface area contributed by atoms with Crippen molar-refractivity contribution >= 4 is 56.9 Å². The van der Waals surface area contributed by atoms with Crippen molar-refractivity contribution < 1.29 is 14.3 Å². The Kier molecular flexibility index (Phi) is 16.3. The fourth-order valence-corrected chi connectivity index (χ4v) is 4.22. The van der Waals surface area contributed by atoms with Gasteiger partial charge in [-0.05, 0) is 56.5 Å². The second-order valence-corrected chi connectivity index (χ2v) is 9.52. The Balaban J connectivity index is 0.00000441. The number of aromatic amines is 1. The van der Waals surface area contributed by atoms with Gasteiger partial charge in [0.15, 0.2) is 12.3 Å². The molecule has 2 aromatic heterocycles.